The average molecular weight is 461 g/mol. The molecule has 0 aromatic heterocycles. The highest BCUT2D eigenvalue weighted by Gasteiger charge is 2.24. The van der Waals surface area contributed by atoms with Crippen LogP contribution in [-0.2, 0) is 27.9 Å². The highest BCUT2D eigenvalue weighted by Crippen LogP contribution is 2.27. The van der Waals surface area contributed by atoms with E-state index in [2.05, 4.69) is 10.2 Å². The Labute approximate surface area is 188 Å². The smallest absolute Gasteiger partial charge is 0.271 e. The van der Waals surface area contributed by atoms with Crippen molar-refractivity contribution in [2.45, 2.75) is 32.9 Å². The molecule has 1 aliphatic rings. The number of hydrogen-bond donors (Lipinski definition) is 1. The van der Waals surface area contributed by atoms with Crippen molar-refractivity contribution >= 4 is 27.3 Å². The van der Waals surface area contributed by atoms with Crippen molar-refractivity contribution in [3.05, 3.63) is 69.3 Å². The summed E-state index contributed by atoms with van der Waals surface area (Å²) in [6.45, 7) is 4.39. The lowest BCUT2D eigenvalue weighted by molar-refractivity contribution is -0.384. The van der Waals surface area contributed by atoms with E-state index in [0.29, 0.717) is 5.56 Å². The first kappa shape index (κ1) is 23.7. The predicted molar refractivity (Wildman–Crippen MR) is 123 cm³/mol. The van der Waals surface area contributed by atoms with Crippen molar-refractivity contribution in [2.75, 3.05) is 30.2 Å². The van der Waals surface area contributed by atoms with Crippen LogP contribution in [0.1, 0.15) is 29.5 Å². The molecule has 1 heterocycles. The van der Waals surface area contributed by atoms with E-state index in [0.717, 1.165) is 41.3 Å². The van der Waals surface area contributed by atoms with E-state index < -0.39 is 27.4 Å². The Kier molecular flexibility index (Phi) is 7.47. The summed E-state index contributed by atoms with van der Waals surface area (Å²) in [4.78, 5) is 25.6. The number of rotatable bonds is 9. The van der Waals surface area contributed by atoms with Crippen molar-refractivity contribution in [3.63, 3.8) is 0 Å². The minimum Gasteiger partial charge on any atom is -0.350 e. The molecule has 0 radical (unpaired) electrons. The fourth-order valence-electron chi connectivity index (χ4n) is 3.81. The molecule has 10 heteroatoms. The SMILES string of the molecule is Cc1ccc([N+](=O)[O-])cc1N(CC(=O)NCc1ccccc1CN1CCCC1)S(C)(=O)=O. The summed E-state index contributed by atoms with van der Waals surface area (Å²) < 4.78 is 25.7. The number of non-ortho nitro benzene ring substituents is 1. The third-order valence-electron chi connectivity index (χ3n) is 5.55. The standard InChI is InChI=1S/C22H28N4O5S/c1-17-9-10-20(26(28)29)13-21(17)25(32(2,30)31)16-22(27)23-14-18-7-3-4-8-19(18)15-24-11-5-6-12-24/h3-4,7-10,13H,5-6,11-12,14-16H2,1-2H3,(H,23,27). The predicted octanol–water partition coefficient (Wildman–Crippen LogP) is 2.58. The molecule has 2 aromatic carbocycles. The minimum atomic E-state index is -3.84. The normalized spacial score (nSPS) is 14.3. The molecule has 3 rings (SSSR count). The lowest BCUT2D eigenvalue weighted by Gasteiger charge is -2.23. The molecular weight excluding hydrogens is 432 g/mol. The number of anilines is 1. The van der Waals surface area contributed by atoms with Crippen molar-refractivity contribution in [1.29, 1.82) is 0 Å². The molecule has 0 bridgehead atoms. The number of likely N-dealkylation sites (tertiary alicyclic amines) is 1. The number of benzene rings is 2. The Hall–Kier alpha value is -2.98. The van der Waals surface area contributed by atoms with Gasteiger partial charge in [0.25, 0.3) is 5.69 Å². The van der Waals surface area contributed by atoms with Gasteiger partial charge in [-0.05, 0) is 49.5 Å². The van der Waals surface area contributed by atoms with Crippen LogP contribution < -0.4 is 9.62 Å². The van der Waals surface area contributed by atoms with Crippen LogP contribution >= 0.6 is 0 Å². The molecule has 1 N–H and O–H groups in total. The fourth-order valence-corrected chi connectivity index (χ4v) is 4.71. The van der Waals surface area contributed by atoms with Crippen LogP contribution in [0.3, 0.4) is 0 Å². The number of aryl methyl sites for hydroxylation is 1. The minimum absolute atomic E-state index is 0.117. The molecule has 1 fully saturated rings. The lowest BCUT2D eigenvalue weighted by atomic mass is 10.1. The van der Waals surface area contributed by atoms with Gasteiger partial charge in [-0.15, -0.1) is 0 Å². The number of carbonyl (C=O) groups excluding carboxylic acids is 1. The number of carbonyl (C=O) groups is 1. The zero-order valence-corrected chi connectivity index (χ0v) is 19.1. The molecule has 0 unspecified atom stereocenters. The largest absolute Gasteiger partial charge is 0.350 e. The zero-order valence-electron chi connectivity index (χ0n) is 18.3. The average Bonchev–Trinajstić information content (AvgIpc) is 3.24. The maximum absolute atomic E-state index is 12.7. The monoisotopic (exact) mass is 460 g/mol. The summed E-state index contributed by atoms with van der Waals surface area (Å²) in [6, 6.07) is 11.8. The summed E-state index contributed by atoms with van der Waals surface area (Å²) in [5, 5.41) is 13.9. The van der Waals surface area contributed by atoms with Gasteiger partial charge in [-0.25, -0.2) is 8.42 Å². The van der Waals surface area contributed by atoms with Gasteiger partial charge in [-0.1, -0.05) is 30.3 Å². The van der Waals surface area contributed by atoms with Crippen LogP contribution in [0.2, 0.25) is 0 Å². The molecule has 0 saturated carbocycles. The van der Waals surface area contributed by atoms with E-state index in [1.54, 1.807) is 6.92 Å². The third kappa shape index (κ3) is 6.04. The van der Waals surface area contributed by atoms with Crippen LogP contribution in [0.15, 0.2) is 42.5 Å². The zero-order chi connectivity index (χ0) is 23.3. The summed E-state index contributed by atoms with van der Waals surface area (Å²) in [6.07, 6.45) is 3.36. The molecule has 172 valence electrons. The molecule has 0 atom stereocenters. The summed E-state index contributed by atoms with van der Waals surface area (Å²) >= 11 is 0. The quantitative estimate of drug-likeness (QED) is 0.455. The first-order valence-corrected chi connectivity index (χ1v) is 12.3. The maximum Gasteiger partial charge on any atom is 0.271 e. The number of nitro benzene ring substituents is 1. The van der Waals surface area contributed by atoms with E-state index in [1.165, 1.54) is 31.0 Å². The van der Waals surface area contributed by atoms with Gasteiger partial charge >= 0.3 is 0 Å². The van der Waals surface area contributed by atoms with Gasteiger partial charge in [0.2, 0.25) is 15.9 Å². The Bertz CT molecular complexity index is 1100. The first-order chi connectivity index (χ1) is 15.1. The molecule has 0 aliphatic carbocycles. The van der Waals surface area contributed by atoms with Gasteiger partial charge in [0, 0.05) is 25.2 Å². The number of sulfonamides is 1. The highest BCUT2D eigenvalue weighted by molar-refractivity contribution is 7.92. The number of nitro groups is 1. The molecule has 32 heavy (non-hydrogen) atoms. The number of hydrogen-bond acceptors (Lipinski definition) is 6. The fraction of sp³-hybridized carbons (Fsp3) is 0.409. The summed E-state index contributed by atoms with van der Waals surface area (Å²) in [7, 11) is -3.84. The van der Waals surface area contributed by atoms with Gasteiger partial charge in [0.15, 0.2) is 0 Å². The summed E-state index contributed by atoms with van der Waals surface area (Å²) in [5.74, 6) is -0.489. The maximum atomic E-state index is 12.7. The lowest BCUT2D eigenvalue weighted by Crippen LogP contribution is -2.40. The van der Waals surface area contributed by atoms with Crippen molar-refractivity contribution in [3.8, 4) is 0 Å². The molecule has 9 nitrogen and oxygen atoms in total. The number of amides is 1. The molecule has 1 aliphatic heterocycles. The number of nitrogens with zero attached hydrogens (tertiary/aromatic N) is 3. The Balaban J connectivity index is 1.73. The molecule has 1 amide bonds. The molecule has 0 spiro atoms. The van der Waals surface area contributed by atoms with Crippen LogP contribution in [-0.4, -0.2) is 50.0 Å². The number of nitrogens with one attached hydrogen (secondary N) is 1. The molecular formula is C22H28N4O5S. The van der Waals surface area contributed by atoms with E-state index in [1.807, 2.05) is 24.3 Å². The van der Waals surface area contributed by atoms with E-state index in [4.69, 9.17) is 0 Å². The van der Waals surface area contributed by atoms with Gasteiger partial charge in [0.1, 0.15) is 6.54 Å². The van der Waals surface area contributed by atoms with E-state index in [-0.39, 0.29) is 17.9 Å². The Morgan fingerprint density at radius 2 is 1.81 bits per heavy atom. The third-order valence-corrected chi connectivity index (χ3v) is 6.67. The van der Waals surface area contributed by atoms with Crippen LogP contribution in [0.4, 0.5) is 11.4 Å². The Morgan fingerprint density at radius 3 is 2.44 bits per heavy atom. The van der Waals surface area contributed by atoms with Crippen LogP contribution in [0.25, 0.3) is 0 Å². The van der Waals surface area contributed by atoms with Crippen LogP contribution in [0.5, 0.6) is 0 Å². The van der Waals surface area contributed by atoms with Gasteiger partial charge < -0.3 is 5.32 Å². The second kappa shape index (κ2) is 10.1. The first-order valence-electron chi connectivity index (χ1n) is 10.4. The van der Waals surface area contributed by atoms with E-state index >= 15 is 0 Å². The summed E-state index contributed by atoms with van der Waals surface area (Å²) in [5.41, 5.74) is 2.50. The van der Waals surface area contributed by atoms with Crippen molar-refractivity contribution in [2.24, 2.45) is 0 Å². The second-order valence-corrected chi connectivity index (χ2v) is 9.93. The second-order valence-electron chi connectivity index (χ2n) is 8.03. The highest BCUT2D eigenvalue weighted by atomic mass is 32.2. The topological polar surface area (TPSA) is 113 Å². The van der Waals surface area contributed by atoms with Crippen LogP contribution in [0, 0.1) is 17.0 Å². The molecule has 1 saturated heterocycles. The molecule has 2 aromatic rings. The van der Waals surface area contributed by atoms with Gasteiger partial charge in [-0.2, -0.15) is 0 Å². The Morgan fingerprint density at radius 1 is 1.16 bits per heavy atom. The van der Waals surface area contributed by atoms with Gasteiger partial charge in [-0.3, -0.25) is 24.1 Å². The van der Waals surface area contributed by atoms with E-state index in [9.17, 15) is 23.3 Å². The van der Waals surface area contributed by atoms with Gasteiger partial charge in [0.05, 0.1) is 16.9 Å². The van der Waals surface area contributed by atoms with Crippen molar-refractivity contribution < 1.29 is 18.1 Å². The van der Waals surface area contributed by atoms with Crippen molar-refractivity contribution in [1.82, 2.24) is 10.2 Å².